The summed E-state index contributed by atoms with van der Waals surface area (Å²) in [6.45, 7) is 7.23. The van der Waals surface area contributed by atoms with Gasteiger partial charge in [-0.1, -0.05) is 6.58 Å². The number of carbonyl (C=O) groups is 1. The molecule has 35 heavy (non-hydrogen) atoms. The Morgan fingerprint density at radius 1 is 1.29 bits per heavy atom. The lowest BCUT2D eigenvalue weighted by Gasteiger charge is -2.40. The molecule has 3 heterocycles. The summed E-state index contributed by atoms with van der Waals surface area (Å²) in [5.41, 5.74) is 0.833. The predicted molar refractivity (Wildman–Crippen MR) is 130 cm³/mol. The molecule has 1 saturated heterocycles. The number of thioether (sulfide) groups is 1. The number of carbonyl (C=O) groups excluding carboxylic acids is 1. The summed E-state index contributed by atoms with van der Waals surface area (Å²) in [5, 5.41) is 10.6. The van der Waals surface area contributed by atoms with Gasteiger partial charge in [-0.2, -0.15) is 10.2 Å². The third-order valence-corrected chi connectivity index (χ3v) is 7.54. The van der Waals surface area contributed by atoms with Gasteiger partial charge in [-0.05, 0) is 31.2 Å². The SMILES string of the molecule is C=CC(=O)N1CCN(c2nc(=O)n3c4c(c(-c5ccc(F)cc5F)c(C#N)cc24)SCC3)[C@@H](C)C1. The number of hydrogen-bond acceptors (Lipinski definition) is 6. The zero-order chi connectivity index (χ0) is 24.9. The van der Waals surface area contributed by atoms with Gasteiger partial charge in [0.25, 0.3) is 0 Å². The Morgan fingerprint density at radius 2 is 2.09 bits per heavy atom. The molecule has 10 heteroatoms. The maximum atomic E-state index is 14.8. The number of benzene rings is 2. The molecule has 5 rings (SSSR count). The maximum Gasteiger partial charge on any atom is 0.350 e. The van der Waals surface area contributed by atoms with Crippen LogP contribution in [-0.4, -0.2) is 51.8 Å². The lowest BCUT2D eigenvalue weighted by Crippen LogP contribution is -2.54. The Labute approximate surface area is 204 Å². The number of anilines is 1. The van der Waals surface area contributed by atoms with Gasteiger partial charge in [0, 0.05) is 65.4 Å². The van der Waals surface area contributed by atoms with Gasteiger partial charge in [-0.3, -0.25) is 9.36 Å². The second kappa shape index (κ2) is 8.82. The highest BCUT2D eigenvalue weighted by molar-refractivity contribution is 7.99. The topological polar surface area (TPSA) is 82.2 Å². The van der Waals surface area contributed by atoms with Gasteiger partial charge in [-0.25, -0.2) is 13.6 Å². The van der Waals surface area contributed by atoms with Crippen molar-refractivity contribution in [1.29, 1.82) is 5.26 Å². The fourth-order valence-electron chi connectivity index (χ4n) is 4.85. The zero-order valence-electron chi connectivity index (χ0n) is 18.9. The van der Waals surface area contributed by atoms with Crippen LogP contribution in [-0.2, 0) is 11.3 Å². The number of piperazine rings is 1. The fourth-order valence-corrected chi connectivity index (χ4v) is 6.05. The van der Waals surface area contributed by atoms with E-state index in [1.165, 1.54) is 23.9 Å². The van der Waals surface area contributed by atoms with E-state index in [4.69, 9.17) is 0 Å². The van der Waals surface area contributed by atoms with Crippen LogP contribution in [0.2, 0.25) is 0 Å². The van der Waals surface area contributed by atoms with E-state index in [1.54, 1.807) is 15.5 Å². The number of amides is 1. The van der Waals surface area contributed by atoms with E-state index in [0.29, 0.717) is 59.1 Å². The summed E-state index contributed by atoms with van der Waals surface area (Å²) in [6, 6.07) is 6.92. The van der Waals surface area contributed by atoms with E-state index in [2.05, 4.69) is 17.6 Å². The van der Waals surface area contributed by atoms with Crippen molar-refractivity contribution in [2.75, 3.05) is 30.3 Å². The van der Waals surface area contributed by atoms with Crippen LogP contribution in [0.4, 0.5) is 14.6 Å². The van der Waals surface area contributed by atoms with Crippen LogP contribution in [0.3, 0.4) is 0 Å². The van der Waals surface area contributed by atoms with Crippen LogP contribution in [0, 0.1) is 23.0 Å². The van der Waals surface area contributed by atoms with Crippen LogP contribution in [0.5, 0.6) is 0 Å². The third kappa shape index (κ3) is 3.76. The van der Waals surface area contributed by atoms with Crippen LogP contribution >= 0.6 is 11.8 Å². The average molecular weight is 494 g/mol. The molecule has 0 radical (unpaired) electrons. The molecular weight excluding hydrogens is 472 g/mol. The molecule has 0 unspecified atom stereocenters. The summed E-state index contributed by atoms with van der Waals surface area (Å²) in [5.74, 6) is -0.658. The van der Waals surface area contributed by atoms with Gasteiger partial charge >= 0.3 is 5.69 Å². The van der Waals surface area contributed by atoms with E-state index in [9.17, 15) is 23.6 Å². The first-order valence-electron chi connectivity index (χ1n) is 11.1. The molecule has 0 spiro atoms. The number of aryl methyl sites for hydroxylation is 1. The first-order chi connectivity index (χ1) is 16.8. The van der Waals surface area contributed by atoms with Crippen molar-refractivity contribution in [1.82, 2.24) is 14.5 Å². The highest BCUT2D eigenvalue weighted by atomic mass is 32.2. The zero-order valence-corrected chi connectivity index (χ0v) is 19.7. The molecule has 0 bridgehead atoms. The monoisotopic (exact) mass is 493 g/mol. The number of halogens is 2. The molecule has 1 aromatic heterocycles. The van der Waals surface area contributed by atoms with Gasteiger partial charge in [0.15, 0.2) is 0 Å². The molecule has 0 saturated carbocycles. The van der Waals surface area contributed by atoms with Gasteiger partial charge in [0.2, 0.25) is 5.91 Å². The summed E-state index contributed by atoms with van der Waals surface area (Å²) in [4.78, 5) is 33.8. The van der Waals surface area contributed by atoms with Crippen molar-refractivity contribution < 1.29 is 13.6 Å². The van der Waals surface area contributed by atoms with Gasteiger partial charge in [0.05, 0.1) is 17.1 Å². The van der Waals surface area contributed by atoms with Gasteiger partial charge in [0.1, 0.15) is 17.5 Å². The molecule has 2 aliphatic heterocycles. The van der Waals surface area contributed by atoms with E-state index in [1.807, 2.05) is 11.8 Å². The van der Waals surface area contributed by atoms with Crippen molar-refractivity contribution in [2.45, 2.75) is 24.4 Å². The van der Waals surface area contributed by atoms with Gasteiger partial charge in [-0.15, -0.1) is 11.8 Å². The minimum absolute atomic E-state index is 0.108. The van der Waals surface area contributed by atoms with E-state index >= 15 is 0 Å². The normalized spacial score (nSPS) is 17.4. The van der Waals surface area contributed by atoms with Crippen molar-refractivity contribution >= 4 is 34.4 Å². The lowest BCUT2D eigenvalue weighted by molar-refractivity contribution is -0.126. The molecule has 0 aliphatic carbocycles. The molecule has 7 nitrogen and oxygen atoms in total. The summed E-state index contributed by atoms with van der Waals surface area (Å²) in [7, 11) is 0. The highest BCUT2D eigenvalue weighted by Gasteiger charge is 2.31. The highest BCUT2D eigenvalue weighted by Crippen LogP contribution is 2.44. The summed E-state index contributed by atoms with van der Waals surface area (Å²) >= 11 is 1.44. The standard InChI is InChI=1S/C25H21F2N5O2S/c1-3-20(33)30-6-7-31(14(2)13-30)24-18-10-15(12-28)21(17-5-4-16(26)11-19(17)27)23-22(18)32(8-9-35-23)25(34)29-24/h3-5,10-11,14H,1,6-9,13H2,2H3/t14-/m0/s1. The number of nitriles is 1. The molecule has 1 fully saturated rings. The van der Waals surface area contributed by atoms with Crippen LogP contribution < -0.4 is 10.6 Å². The molecule has 0 N–H and O–H groups in total. The first kappa shape index (κ1) is 23.1. The van der Waals surface area contributed by atoms with Crippen LogP contribution in [0.1, 0.15) is 12.5 Å². The minimum atomic E-state index is -0.775. The Morgan fingerprint density at radius 3 is 2.77 bits per heavy atom. The Hall–Kier alpha value is -3.71. The van der Waals surface area contributed by atoms with Gasteiger partial charge < -0.3 is 9.80 Å². The average Bonchev–Trinajstić information content (AvgIpc) is 2.85. The Bertz CT molecular complexity index is 1500. The van der Waals surface area contributed by atoms with Crippen LogP contribution in [0.25, 0.3) is 22.0 Å². The number of nitrogens with zero attached hydrogens (tertiary/aromatic N) is 5. The lowest BCUT2D eigenvalue weighted by atomic mass is 9.96. The molecule has 3 aromatic rings. The number of hydrogen-bond donors (Lipinski definition) is 0. The minimum Gasteiger partial charge on any atom is -0.350 e. The van der Waals surface area contributed by atoms with Crippen LogP contribution in [0.15, 0.2) is 46.6 Å². The Balaban J connectivity index is 1.75. The second-order valence-electron chi connectivity index (χ2n) is 8.51. The van der Waals surface area contributed by atoms with Crippen molar-refractivity contribution in [2.24, 2.45) is 0 Å². The second-order valence-corrected chi connectivity index (χ2v) is 9.61. The fraction of sp³-hybridized carbons (Fsp3) is 0.280. The molecule has 2 aliphatic rings. The molecule has 178 valence electrons. The maximum absolute atomic E-state index is 14.8. The Kier molecular flexibility index (Phi) is 5.81. The smallest absolute Gasteiger partial charge is 0.350 e. The van der Waals surface area contributed by atoms with Crippen molar-refractivity contribution in [3.05, 3.63) is 64.6 Å². The molecule has 1 atom stereocenters. The predicted octanol–water partition coefficient (Wildman–Crippen LogP) is 3.54. The van der Waals surface area contributed by atoms with Crippen molar-refractivity contribution in [3.63, 3.8) is 0 Å². The number of aromatic nitrogens is 2. The van der Waals surface area contributed by atoms with Crippen molar-refractivity contribution in [3.8, 4) is 17.2 Å². The number of rotatable bonds is 3. The first-order valence-corrected chi connectivity index (χ1v) is 12.1. The largest absolute Gasteiger partial charge is 0.350 e. The third-order valence-electron chi connectivity index (χ3n) is 6.47. The summed E-state index contributed by atoms with van der Waals surface area (Å²) in [6.07, 6.45) is 1.28. The van der Waals surface area contributed by atoms with E-state index in [-0.39, 0.29) is 23.1 Å². The quantitative estimate of drug-likeness (QED) is 0.519. The van der Waals surface area contributed by atoms with E-state index in [0.717, 1.165) is 12.1 Å². The molecule has 2 aromatic carbocycles. The molecular formula is C25H21F2N5O2S. The molecule has 1 amide bonds. The van der Waals surface area contributed by atoms with E-state index < -0.39 is 17.3 Å². The summed E-state index contributed by atoms with van der Waals surface area (Å²) < 4.78 is 30.0.